The minimum atomic E-state index is 0.178. The summed E-state index contributed by atoms with van der Waals surface area (Å²) in [4.78, 5) is 16.6. The van der Waals surface area contributed by atoms with Crippen molar-refractivity contribution >= 4 is 23.1 Å². The van der Waals surface area contributed by atoms with Gasteiger partial charge in [0.25, 0.3) is 0 Å². The van der Waals surface area contributed by atoms with Crippen molar-refractivity contribution in [3.63, 3.8) is 0 Å². The molecule has 0 aromatic rings. The second-order valence-electron chi connectivity index (χ2n) is 6.18. The molecule has 5 heteroatoms. The predicted octanol–water partition coefficient (Wildman–Crippen LogP) is 2.02. The summed E-state index contributed by atoms with van der Waals surface area (Å²) in [6.45, 7) is 3.80. The maximum Gasteiger partial charge on any atom is 0.223 e. The van der Waals surface area contributed by atoms with Gasteiger partial charge in [0.05, 0.1) is 4.99 Å². The van der Waals surface area contributed by atoms with Crippen molar-refractivity contribution in [3.05, 3.63) is 0 Å². The molecule has 0 aromatic heterocycles. The van der Waals surface area contributed by atoms with Gasteiger partial charge in [-0.05, 0) is 38.6 Å². The van der Waals surface area contributed by atoms with Crippen molar-refractivity contribution in [2.45, 2.75) is 51.5 Å². The first-order valence-corrected chi connectivity index (χ1v) is 8.03. The number of thiocarbonyl (C=S) groups is 1. The van der Waals surface area contributed by atoms with Crippen LogP contribution in [0.1, 0.15) is 45.4 Å². The van der Waals surface area contributed by atoms with Crippen LogP contribution in [0.4, 0.5) is 0 Å². The second kappa shape index (κ2) is 8.57. The van der Waals surface area contributed by atoms with Gasteiger partial charge in [-0.1, -0.05) is 19.1 Å². The van der Waals surface area contributed by atoms with Crippen LogP contribution in [-0.4, -0.2) is 53.9 Å². The van der Waals surface area contributed by atoms with Gasteiger partial charge in [0.2, 0.25) is 5.91 Å². The lowest BCUT2D eigenvalue weighted by Crippen LogP contribution is -2.38. The van der Waals surface area contributed by atoms with E-state index in [1.165, 1.54) is 25.7 Å². The van der Waals surface area contributed by atoms with Crippen molar-refractivity contribution < 1.29 is 4.79 Å². The SMILES string of the molecule is CC1CCC(N(C)CCC(=O)N(C)CCC(N)=S)CC1. The molecule has 1 amide bonds. The van der Waals surface area contributed by atoms with Crippen LogP contribution in [0.25, 0.3) is 0 Å². The molecule has 4 nitrogen and oxygen atoms in total. The van der Waals surface area contributed by atoms with Crippen molar-refractivity contribution in [1.29, 1.82) is 0 Å². The first-order chi connectivity index (χ1) is 9.40. The van der Waals surface area contributed by atoms with E-state index in [0.29, 0.717) is 30.4 Å². The fraction of sp³-hybridized carbons (Fsp3) is 0.867. The zero-order valence-corrected chi connectivity index (χ0v) is 13.9. The number of rotatable bonds is 7. The van der Waals surface area contributed by atoms with E-state index in [0.717, 1.165) is 12.5 Å². The van der Waals surface area contributed by atoms with Gasteiger partial charge >= 0.3 is 0 Å². The molecule has 2 N–H and O–H groups in total. The topological polar surface area (TPSA) is 49.6 Å². The Kier molecular flexibility index (Phi) is 7.45. The molecule has 1 saturated carbocycles. The van der Waals surface area contributed by atoms with Crippen LogP contribution in [0.15, 0.2) is 0 Å². The molecule has 1 aliphatic rings. The van der Waals surface area contributed by atoms with Gasteiger partial charge in [0, 0.05) is 39.0 Å². The van der Waals surface area contributed by atoms with Gasteiger partial charge in [-0.3, -0.25) is 4.79 Å². The Morgan fingerprint density at radius 3 is 2.30 bits per heavy atom. The Hall–Kier alpha value is -0.680. The summed E-state index contributed by atoms with van der Waals surface area (Å²) in [5.41, 5.74) is 5.46. The maximum atomic E-state index is 12.0. The molecule has 0 atom stereocenters. The monoisotopic (exact) mass is 299 g/mol. The number of hydrogen-bond acceptors (Lipinski definition) is 3. The lowest BCUT2D eigenvalue weighted by Gasteiger charge is -2.33. The van der Waals surface area contributed by atoms with E-state index in [4.69, 9.17) is 18.0 Å². The smallest absolute Gasteiger partial charge is 0.223 e. The van der Waals surface area contributed by atoms with Gasteiger partial charge in [0.1, 0.15) is 0 Å². The van der Waals surface area contributed by atoms with E-state index in [1.807, 2.05) is 7.05 Å². The Labute approximate surface area is 128 Å². The Morgan fingerprint density at radius 2 is 1.75 bits per heavy atom. The van der Waals surface area contributed by atoms with Gasteiger partial charge in [-0.2, -0.15) is 0 Å². The van der Waals surface area contributed by atoms with E-state index in [-0.39, 0.29) is 5.91 Å². The summed E-state index contributed by atoms with van der Waals surface area (Å²) in [5.74, 6) is 1.05. The van der Waals surface area contributed by atoms with Crippen LogP contribution in [0, 0.1) is 5.92 Å². The average molecular weight is 299 g/mol. The van der Waals surface area contributed by atoms with Gasteiger partial charge in [-0.15, -0.1) is 0 Å². The van der Waals surface area contributed by atoms with Crippen molar-refractivity contribution in [2.75, 3.05) is 27.2 Å². The third kappa shape index (κ3) is 6.18. The van der Waals surface area contributed by atoms with Crippen molar-refractivity contribution in [1.82, 2.24) is 9.80 Å². The number of nitrogens with two attached hydrogens (primary N) is 1. The Balaban J connectivity index is 2.24. The van der Waals surface area contributed by atoms with E-state index < -0.39 is 0 Å². The third-order valence-corrected chi connectivity index (χ3v) is 4.61. The number of hydrogen-bond donors (Lipinski definition) is 1. The standard InChI is InChI=1S/C15H29N3OS/c1-12-4-6-13(7-5-12)17(2)11-9-15(19)18(3)10-8-14(16)20/h12-13H,4-11H2,1-3H3,(H2,16,20). The summed E-state index contributed by atoms with van der Waals surface area (Å²) in [7, 11) is 3.96. The van der Waals surface area contributed by atoms with Crippen LogP contribution in [0.2, 0.25) is 0 Å². The van der Waals surface area contributed by atoms with Crippen molar-refractivity contribution in [2.24, 2.45) is 11.7 Å². The van der Waals surface area contributed by atoms with Gasteiger partial charge in [-0.25, -0.2) is 0 Å². The fourth-order valence-corrected chi connectivity index (χ4v) is 2.82. The fourth-order valence-electron chi connectivity index (χ4n) is 2.73. The number of nitrogens with zero attached hydrogens (tertiary/aromatic N) is 2. The molecule has 20 heavy (non-hydrogen) atoms. The normalized spacial score (nSPS) is 22.8. The molecule has 0 spiro atoms. The molecular formula is C15H29N3OS. The van der Waals surface area contributed by atoms with Crippen molar-refractivity contribution in [3.8, 4) is 0 Å². The summed E-state index contributed by atoms with van der Waals surface area (Å²) >= 11 is 4.83. The quantitative estimate of drug-likeness (QED) is 0.731. The lowest BCUT2D eigenvalue weighted by atomic mass is 9.87. The Bertz CT molecular complexity index is 327. The molecule has 0 aliphatic heterocycles. The summed E-state index contributed by atoms with van der Waals surface area (Å²) in [5, 5.41) is 0. The molecule has 0 bridgehead atoms. The van der Waals surface area contributed by atoms with E-state index >= 15 is 0 Å². The maximum absolute atomic E-state index is 12.0. The summed E-state index contributed by atoms with van der Waals surface area (Å²) in [6, 6.07) is 0.654. The van der Waals surface area contributed by atoms with Crippen LogP contribution < -0.4 is 5.73 Å². The third-order valence-electron chi connectivity index (χ3n) is 4.41. The molecule has 1 aliphatic carbocycles. The molecular weight excluding hydrogens is 270 g/mol. The average Bonchev–Trinajstić information content (AvgIpc) is 2.42. The second-order valence-corrected chi connectivity index (χ2v) is 6.70. The lowest BCUT2D eigenvalue weighted by molar-refractivity contribution is -0.130. The predicted molar refractivity (Wildman–Crippen MR) is 87.7 cm³/mol. The minimum absolute atomic E-state index is 0.178. The molecule has 0 radical (unpaired) electrons. The molecule has 116 valence electrons. The van der Waals surface area contributed by atoms with E-state index in [2.05, 4.69) is 18.9 Å². The number of carbonyl (C=O) groups is 1. The zero-order chi connectivity index (χ0) is 15.1. The summed E-state index contributed by atoms with van der Waals surface area (Å²) in [6.07, 6.45) is 6.35. The highest BCUT2D eigenvalue weighted by Crippen LogP contribution is 2.26. The van der Waals surface area contributed by atoms with E-state index in [1.54, 1.807) is 4.90 Å². The molecule has 0 saturated heterocycles. The van der Waals surface area contributed by atoms with Crippen LogP contribution >= 0.6 is 12.2 Å². The number of carbonyl (C=O) groups excluding carboxylic acids is 1. The highest BCUT2D eigenvalue weighted by molar-refractivity contribution is 7.80. The molecule has 0 heterocycles. The largest absolute Gasteiger partial charge is 0.393 e. The van der Waals surface area contributed by atoms with Crippen LogP contribution in [0.5, 0.6) is 0 Å². The molecule has 1 rings (SSSR count). The van der Waals surface area contributed by atoms with Gasteiger partial charge < -0.3 is 15.5 Å². The number of amides is 1. The summed E-state index contributed by atoms with van der Waals surface area (Å²) < 4.78 is 0. The minimum Gasteiger partial charge on any atom is -0.393 e. The van der Waals surface area contributed by atoms with E-state index in [9.17, 15) is 4.79 Å². The molecule has 1 fully saturated rings. The van der Waals surface area contributed by atoms with Crippen LogP contribution in [-0.2, 0) is 4.79 Å². The molecule has 0 unspecified atom stereocenters. The first kappa shape index (κ1) is 17.4. The van der Waals surface area contributed by atoms with Crippen LogP contribution in [0.3, 0.4) is 0 Å². The van der Waals surface area contributed by atoms with Gasteiger partial charge in [0.15, 0.2) is 0 Å². The Morgan fingerprint density at radius 1 is 1.15 bits per heavy atom. The zero-order valence-electron chi connectivity index (χ0n) is 13.1. The highest BCUT2D eigenvalue weighted by Gasteiger charge is 2.22. The first-order valence-electron chi connectivity index (χ1n) is 7.62. The molecule has 0 aromatic carbocycles. The highest BCUT2D eigenvalue weighted by atomic mass is 32.1.